The van der Waals surface area contributed by atoms with E-state index in [1.165, 1.54) is 5.57 Å². The van der Waals surface area contributed by atoms with E-state index < -0.39 is 16.9 Å². The van der Waals surface area contributed by atoms with Crippen LogP contribution in [-0.2, 0) is 9.59 Å². The standard InChI is InChI=1S/C35H50N2O3/c1-29(2)12-14-35(21-37-16-10-26(37)39)15-13-33(7)27(34(35,8)20-29)23(38)17-25-31(5)18-22(19-36)28(40)30(3,4)24(31)9-11-32(25,33)6/h17-18,24,27-28,40H,9-16,20-21H2,1-8H3/t24?,27-,28?,31-,32+,33+,34-,35+/m0/s1. The van der Waals surface area contributed by atoms with Gasteiger partial charge in [0.15, 0.2) is 5.78 Å². The van der Waals surface area contributed by atoms with Gasteiger partial charge in [0.2, 0.25) is 5.91 Å². The van der Waals surface area contributed by atoms with E-state index in [2.05, 4.69) is 66.4 Å². The molecule has 218 valence electrons. The van der Waals surface area contributed by atoms with E-state index in [0.717, 1.165) is 58.0 Å². The SMILES string of the molecule is CC1(C)CC[C@]2(CN3CCC3=O)CC[C@]3(C)[C@H](C(=O)C=C4[C@@]5(C)C=C(C#N)C(O)C(C)(C)C5CC[C@]43C)[C@]2(C)C1. The van der Waals surface area contributed by atoms with E-state index in [4.69, 9.17) is 0 Å². The predicted octanol–water partition coefficient (Wildman–Crippen LogP) is 6.62. The number of carbonyl (C=O) groups is 2. The van der Waals surface area contributed by atoms with E-state index in [-0.39, 0.29) is 50.6 Å². The zero-order valence-electron chi connectivity index (χ0n) is 26.1. The average molecular weight is 547 g/mol. The molecule has 5 aliphatic carbocycles. The molecule has 0 aromatic carbocycles. The molecule has 0 aromatic heterocycles. The van der Waals surface area contributed by atoms with Crippen LogP contribution in [0.5, 0.6) is 0 Å². The molecular formula is C35H50N2O3. The van der Waals surface area contributed by atoms with Crippen LogP contribution in [0.2, 0.25) is 0 Å². The maximum absolute atomic E-state index is 14.8. The van der Waals surface area contributed by atoms with Crippen molar-refractivity contribution in [2.75, 3.05) is 13.1 Å². The third-order valence-electron chi connectivity index (χ3n) is 14.3. The Hall–Kier alpha value is -1.93. The molecule has 8 atom stereocenters. The molecule has 1 heterocycles. The minimum atomic E-state index is -0.786. The Morgan fingerprint density at radius 1 is 0.975 bits per heavy atom. The number of allylic oxidation sites excluding steroid dienone is 3. The zero-order chi connectivity index (χ0) is 29.3. The number of aliphatic hydroxyl groups excluding tert-OH is 1. The van der Waals surface area contributed by atoms with Gasteiger partial charge in [0.05, 0.1) is 17.7 Å². The molecule has 1 amide bonds. The van der Waals surface area contributed by atoms with Crippen LogP contribution < -0.4 is 0 Å². The van der Waals surface area contributed by atoms with Gasteiger partial charge >= 0.3 is 0 Å². The summed E-state index contributed by atoms with van der Waals surface area (Å²) in [6, 6.07) is 2.31. The van der Waals surface area contributed by atoms with Gasteiger partial charge in [-0.1, -0.05) is 67.0 Å². The Labute approximate surface area is 241 Å². The van der Waals surface area contributed by atoms with Gasteiger partial charge in [0.1, 0.15) is 0 Å². The number of nitriles is 1. The van der Waals surface area contributed by atoms with E-state index >= 15 is 0 Å². The monoisotopic (exact) mass is 546 g/mol. The topological polar surface area (TPSA) is 81.4 Å². The second-order valence-electron chi connectivity index (χ2n) is 17.1. The number of carbonyl (C=O) groups excluding carboxylic acids is 2. The molecule has 5 heteroatoms. The van der Waals surface area contributed by atoms with Gasteiger partial charge in [0, 0.05) is 30.8 Å². The van der Waals surface area contributed by atoms with Crippen LogP contribution in [-0.4, -0.2) is 40.9 Å². The Bertz CT molecular complexity index is 1290. The lowest BCUT2D eigenvalue weighted by atomic mass is 9.31. The smallest absolute Gasteiger partial charge is 0.224 e. The first-order valence-electron chi connectivity index (χ1n) is 15.8. The summed E-state index contributed by atoms with van der Waals surface area (Å²) in [7, 11) is 0. The first kappa shape index (κ1) is 28.2. The van der Waals surface area contributed by atoms with Gasteiger partial charge in [-0.3, -0.25) is 9.59 Å². The number of nitrogens with zero attached hydrogens (tertiary/aromatic N) is 2. The Balaban J connectivity index is 1.52. The molecule has 0 bridgehead atoms. The van der Waals surface area contributed by atoms with Crippen LogP contribution in [0.1, 0.15) is 107 Å². The number of hydrogen-bond donors (Lipinski definition) is 1. The van der Waals surface area contributed by atoms with Gasteiger partial charge in [-0.15, -0.1) is 0 Å². The van der Waals surface area contributed by atoms with Gasteiger partial charge in [-0.05, 0) is 89.4 Å². The van der Waals surface area contributed by atoms with E-state index in [1.54, 1.807) is 0 Å². The molecule has 4 fully saturated rings. The minimum Gasteiger partial charge on any atom is -0.387 e. The number of likely N-dealkylation sites (tertiary alicyclic amines) is 1. The van der Waals surface area contributed by atoms with E-state index in [0.29, 0.717) is 12.0 Å². The third-order valence-corrected chi connectivity index (χ3v) is 14.3. The average Bonchev–Trinajstić information content (AvgIpc) is 2.85. The summed E-state index contributed by atoms with van der Waals surface area (Å²) < 4.78 is 0. The number of fused-ring (bicyclic) bond motifs is 7. The molecule has 5 nitrogen and oxygen atoms in total. The van der Waals surface area contributed by atoms with Crippen molar-refractivity contribution < 1.29 is 14.7 Å². The number of amides is 1. The molecule has 0 aromatic rings. The lowest BCUT2D eigenvalue weighted by molar-refractivity contribution is -0.214. The Morgan fingerprint density at radius 3 is 2.25 bits per heavy atom. The summed E-state index contributed by atoms with van der Waals surface area (Å²) in [5.41, 5.74) is 0.243. The second kappa shape index (κ2) is 8.12. The zero-order valence-corrected chi connectivity index (χ0v) is 26.1. The number of ketones is 1. The third kappa shape index (κ3) is 3.24. The normalized spacial score (nSPS) is 48.8. The van der Waals surface area contributed by atoms with Crippen LogP contribution in [0.3, 0.4) is 0 Å². The van der Waals surface area contributed by atoms with Crippen molar-refractivity contribution in [3.63, 3.8) is 0 Å². The van der Waals surface area contributed by atoms with Crippen molar-refractivity contribution >= 4 is 11.7 Å². The highest BCUT2D eigenvalue weighted by molar-refractivity contribution is 5.96. The number of hydrogen-bond acceptors (Lipinski definition) is 4. The highest BCUT2D eigenvalue weighted by Crippen LogP contribution is 2.77. The van der Waals surface area contributed by atoms with Crippen molar-refractivity contribution in [3.05, 3.63) is 23.3 Å². The Morgan fingerprint density at radius 2 is 1.65 bits per heavy atom. The van der Waals surface area contributed by atoms with Crippen molar-refractivity contribution in [2.24, 2.45) is 49.7 Å². The molecule has 40 heavy (non-hydrogen) atoms. The number of β-lactam (4-membered cyclic amide) rings is 1. The quantitative estimate of drug-likeness (QED) is 0.395. The van der Waals surface area contributed by atoms with Crippen LogP contribution in [0.15, 0.2) is 23.3 Å². The molecule has 0 radical (unpaired) electrons. The van der Waals surface area contributed by atoms with Crippen LogP contribution in [0, 0.1) is 61.1 Å². The lowest BCUT2D eigenvalue weighted by Gasteiger charge is -2.73. The molecule has 6 rings (SSSR count). The largest absolute Gasteiger partial charge is 0.387 e. The first-order valence-corrected chi connectivity index (χ1v) is 15.8. The molecule has 0 spiro atoms. The van der Waals surface area contributed by atoms with Crippen LogP contribution >= 0.6 is 0 Å². The lowest BCUT2D eigenvalue weighted by Crippen LogP contribution is -2.70. The molecule has 1 N–H and O–H groups in total. The first-order chi connectivity index (χ1) is 18.4. The summed E-state index contributed by atoms with van der Waals surface area (Å²) in [6.45, 7) is 20.1. The number of aliphatic hydroxyl groups is 1. The van der Waals surface area contributed by atoms with Gasteiger partial charge in [0.25, 0.3) is 0 Å². The Kier molecular flexibility index (Phi) is 5.72. The summed E-state index contributed by atoms with van der Waals surface area (Å²) in [4.78, 5) is 29.4. The fourth-order valence-electron chi connectivity index (χ4n) is 11.9. The van der Waals surface area contributed by atoms with Crippen molar-refractivity contribution in [1.82, 2.24) is 4.90 Å². The molecule has 1 saturated heterocycles. The molecule has 2 unspecified atom stereocenters. The predicted molar refractivity (Wildman–Crippen MR) is 156 cm³/mol. The van der Waals surface area contributed by atoms with Crippen molar-refractivity contribution in [2.45, 2.75) is 113 Å². The molecule has 3 saturated carbocycles. The van der Waals surface area contributed by atoms with E-state index in [9.17, 15) is 20.0 Å². The summed E-state index contributed by atoms with van der Waals surface area (Å²) in [5, 5.41) is 21.2. The summed E-state index contributed by atoms with van der Waals surface area (Å²) in [5.74, 6) is 0.586. The fourth-order valence-corrected chi connectivity index (χ4v) is 11.9. The maximum Gasteiger partial charge on any atom is 0.224 e. The summed E-state index contributed by atoms with van der Waals surface area (Å²) >= 11 is 0. The van der Waals surface area contributed by atoms with Gasteiger partial charge < -0.3 is 10.0 Å². The summed E-state index contributed by atoms with van der Waals surface area (Å²) in [6.07, 6.45) is 11.1. The van der Waals surface area contributed by atoms with E-state index in [1.807, 2.05) is 12.2 Å². The highest BCUT2D eigenvalue weighted by Gasteiger charge is 2.73. The highest BCUT2D eigenvalue weighted by atomic mass is 16.3. The molecule has 6 aliphatic rings. The van der Waals surface area contributed by atoms with Crippen LogP contribution in [0.25, 0.3) is 0 Å². The fraction of sp³-hybridized carbons (Fsp3) is 0.800. The second-order valence-corrected chi connectivity index (χ2v) is 17.1. The molecular weight excluding hydrogens is 496 g/mol. The number of rotatable bonds is 2. The maximum atomic E-state index is 14.8. The molecule has 1 aliphatic heterocycles. The van der Waals surface area contributed by atoms with Crippen molar-refractivity contribution in [1.29, 1.82) is 5.26 Å². The van der Waals surface area contributed by atoms with Gasteiger partial charge in [-0.2, -0.15) is 5.26 Å². The minimum absolute atomic E-state index is 0.0357. The van der Waals surface area contributed by atoms with Gasteiger partial charge in [-0.25, -0.2) is 0 Å². The van der Waals surface area contributed by atoms with Crippen molar-refractivity contribution in [3.8, 4) is 6.07 Å². The van der Waals surface area contributed by atoms with Crippen LogP contribution in [0.4, 0.5) is 0 Å².